The minimum absolute atomic E-state index is 0.207. The molecule has 1 saturated carbocycles. The van der Waals surface area contributed by atoms with Crippen LogP contribution in [0.5, 0.6) is 0 Å². The van der Waals surface area contributed by atoms with Crippen molar-refractivity contribution in [3.8, 4) is 0 Å². The lowest BCUT2D eigenvalue weighted by Crippen LogP contribution is -2.49. The molecule has 1 fully saturated rings. The number of unbranched alkanes of at least 4 members (excludes halogenated alkanes) is 1. The van der Waals surface area contributed by atoms with Crippen LogP contribution < -0.4 is 5.32 Å². The van der Waals surface area contributed by atoms with Crippen LogP contribution >= 0.6 is 0 Å². The number of hydrogen-bond donors (Lipinski definition) is 1. The zero-order valence-corrected chi connectivity index (χ0v) is 15.4. The summed E-state index contributed by atoms with van der Waals surface area (Å²) in [7, 11) is 1.84. The van der Waals surface area contributed by atoms with Crippen molar-refractivity contribution in [1.82, 2.24) is 5.32 Å². The topological polar surface area (TPSA) is 21.3 Å². The number of ether oxygens (including phenoxy) is 1. The Morgan fingerprint density at radius 2 is 1.86 bits per heavy atom. The third-order valence-corrected chi connectivity index (χ3v) is 5.50. The molecule has 126 valence electrons. The summed E-state index contributed by atoms with van der Waals surface area (Å²) in [5.74, 6) is 1.62. The second-order valence-electron chi connectivity index (χ2n) is 8.41. The fourth-order valence-corrected chi connectivity index (χ4v) is 3.75. The fourth-order valence-electron chi connectivity index (χ4n) is 3.75. The second kappa shape index (κ2) is 8.53. The summed E-state index contributed by atoms with van der Waals surface area (Å²) in [6.45, 7) is 13.5. The molecule has 0 spiro atoms. The fraction of sp³-hybridized carbons (Fsp3) is 1.00. The van der Waals surface area contributed by atoms with Gasteiger partial charge in [-0.2, -0.15) is 0 Å². The molecule has 0 aromatic heterocycles. The first kappa shape index (κ1) is 19.0. The molecule has 0 aliphatic heterocycles. The quantitative estimate of drug-likeness (QED) is 0.679. The number of nitrogens with one attached hydrogen (secondary N) is 1. The molecule has 0 aromatic carbocycles. The molecule has 0 aromatic rings. The van der Waals surface area contributed by atoms with Crippen LogP contribution in [-0.4, -0.2) is 25.8 Å². The van der Waals surface area contributed by atoms with Gasteiger partial charge in [0.1, 0.15) is 0 Å². The summed E-state index contributed by atoms with van der Waals surface area (Å²) in [6.07, 6.45) is 9.76. The summed E-state index contributed by atoms with van der Waals surface area (Å²) < 4.78 is 5.48. The van der Waals surface area contributed by atoms with Crippen LogP contribution in [0.15, 0.2) is 0 Å². The Hall–Kier alpha value is -0.0800. The van der Waals surface area contributed by atoms with Gasteiger partial charge < -0.3 is 10.1 Å². The van der Waals surface area contributed by atoms with Gasteiger partial charge in [-0.15, -0.1) is 0 Å². The molecule has 1 aliphatic carbocycles. The first-order valence-corrected chi connectivity index (χ1v) is 9.07. The molecule has 0 radical (unpaired) electrons. The molecule has 1 rings (SSSR count). The second-order valence-corrected chi connectivity index (χ2v) is 8.41. The van der Waals surface area contributed by atoms with E-state index in [0.717, 1.165) is 19.1 Å². The molecule has 0 bridgehead atoms. The lowest BCUT2D eigenvalue weighted by molar-refractivity contribution is 0.0220. The van der Waals surface area contributed by atoms with Crippen LogP contribution in [0.25, 0.3) is 0 Å². The maximum Gasteiger partial charge on any atom is 0.0493 e. The maximum atomic E-state index is 5.48. The Morgan fingerprint density at radius 1 is 1.24 bits per heavy atom. The average molecular weight is 298 g/mol. The minimum atomic E-state index is 0.207. The van der Waals surface area contributed by atoms with Gasteiger partial charge in [0.25, 0.3) is 0 Å². The molecular formula is C19H39NO. The van der Waals surface area contributed by atoms with Gasteiger partial charge in [0.2, 0.25) is 0 Å². The number of methoxy groups -OCH3 is 1. The van der Waals surface area contributed by atoms with Gasteiger partial charge >= 0.3 is 0 Å². The van der Waals surface area contributed by atoms with Crippen LogP contribution in [0, 0.1) is 17.3 Å². The predicted molar refractivity (Wildman–Crippen MR) is 92.7 cm³/mol. The zero-order valence-electron chi connectivity index (χ0n) is 15.4. The zero-order chi connectivity index (χ0) is 15.9. The lowest BCUT2D eigenvalue weighted by atomic mass is 9.63. The molecule has 21 heavy (non-hydrogen) atoms. The molecule has 1 N–H and O–H groups in total. The Bertz CT molecular complexity index is 274. The highest BCUT2D eigenvalue weighted by Gasteiger charge is 2.40. The van der Waals surface area contributed by atoms with E-state index in [-0.39, 0.29) is 5.54 Å². The molecule has 2 nitrogen and oxygen atoms in total. The third kappa shape index (κ3) is 6.28. The SMILES string of the molecule is CCCCC1CCC(CNC(C)(C)C)(C(C)COC)CC1. The van der Waals surface area contributed by atoms with Crippen LogP contribution in [-0.2, 0) is 4.74 Å². The highest BCUT2D eigenvalue weighted by atomic mass is 16.5. The van der Waals surface area contributed by atoms with Crippen molar-refractivity contribution in [3.63, 3.8) is 0 Å². The Labute approximate surface area is 133 Å². The Balaban J connectivity index is 2.63. The van der Waals surface area contributed by atoms with E-state index in [9.17, 15) is 0 Å². The molecule has 1 aliphatic rings. The van der Waals surface area contributed by atoms with Crippen molar-refractivity contribution in [2.45, 2.75) is 85.1 Å². The molecule has 2 heteroatoms. The van der Waals surface area contributed by atoms with Crippen molar-refractivity contribution in [3.05, 3.63) is 0 Å². The van der Waals surface area contributed by atoms with Crippen molar-refractivity contribution in [2.75, 3.05) is 20.3 Å². The van der Waals surface area contributed by atoms with Crippen molar-refractivity contribution < 1.29 is 4.74 Å². The van der Waals surface area contributed by atoms with Gasteiger partial charge in [0.15, 0.2) is 0 Å². The smallest absolute Gasteiger partial charge is 0.0493 e. The first-order chi connectivity index (χ1) is 9.83. The van der Waals surface area contributed by atoms with Crippen molar-refractivity contribution in [1.29, 1.82) is 0 Å². The summed E-state index contributed by atoms with van der Waals surface area (Å²) >= 11 is 0. The van der Waals surface area contributed by atoms with Gasteiger partial charge in [-0.05, 0) is 63.7 Å². The Kier molecular flexibility index (Phi) is 7.70. The van der Waals surface area contributed by atoms with Gasteiger partial charge in [-0.1, -0.05) is 33.1 Å². The van der Waals surface area contributed by atoms with Gasteiger partial charge in [0, 0.05) is 25.8 Å². The largest absolute Gasteiger partial charge is 0.384 e. The first-order valence-electron chi connectivity index (χ1n) is 9.07. The normalized spacial score (nSPS) is 28.6. The van der Waals surface area contributed by atoms with E-state index in [1.165, 1.54) is 44.9 Å². The van der Waals surface area contributed by atoms with Crippen LogP contribution in [0.4, 0.5) is 0 Å². The molecule has 0 amide bonds. The van der Waals surface area contributed by atoms with E-state index in [1.54, 1.807) is 0 Å². The van der Waals surface area contributed by atoms with E-state index < -0.39 is 0 Å². The molecule has 1 unspecified atom stereocenters. The summed E-state index contributed by atoms with van der Waals surface area (Å²) in [5.41, 5.74) is 0.644. The molecule has 0 heterocycles. The molecular weight excluding hydrogens is 258 g/mol. The number of hydrogen-bond acceptors (Lipinski definition) is 2. The lowest BCUT2D eigenvalue weighted by Gasteiger charge is -2.46. The minimum Gasteiger partial charge on any atom is -0.384 e. The highest BCUT2D eigenvalue weighted by molar-refractivity contribution is 4.92. The van der Waals surface area contributed by atoms with Crippen LogP contribution in [0.3, 0.4) is 0 Å². The average Bonchev–Trinajstić information content (AvgIpc) is 2.43. The molecule has 0 saturated heterocycles. The van der Waals surface area contributed by atoms with E-state index in [2.05, 4.69) is 39.9 Å². The van der Waals surface area contributed by atoms with Gasteiger partial charge in [-0.3, -0.25) is 0 Å². The Morgan fingerprint density at radius 3 is 2.33 bits per heavy atom. The van der Waals surface area contributed by atoms with E-state index in [4.69, 9.17) is 4.74 Å². The van der Waals surface area contributed by atoms with E-state index >= 15 is 0 Å². The predicted octanol–water partition coefficient (Wildman–Crippen LogP) is 5.02. The van der Waals surface area contributed by atoms with Gasteiger partial charge in [-0.25, -0.2) is 0 Å². The summed E-state index contributed by atoms with van der Waals surface area (Å²) in [6, 6.07) is 0. The standard InChI is InChI=1S/C19H39NO/c1-7-8-9-17-10-12-19(13-11-17,16(2)14-21-6)15-20-18(3,4)5/h16-17,20H,7-15H2,1-6H3. The van der Waals surface area contributed by atoms with E-state index in [1.807, 2.05) is 7.11 Å². The van der Waals surface area contributed by atoms with E-state index in [0.29, 0.717) is 11.3 Å². The monoisotopic (exact) mass is 297 g/mol. The van der Waals surface area contributed by atoms with Crippen LogP contribution in [0.2, 0.25) is 0 Å². The van der Waals surface area contributed by atoms with Crippen molar-refractivity contribution in [2.24, 2.45) is 17.3 Å². The van der Waals surface area contributed by atoms with Crippen molar-refractivity contribution >= 4 is 0 Å². The summed E-state index contributed by atoms with van der Waals surface area (Å²) in [5, 5.41) is 3.77. The van der Waals surface area contributed by atoms with Crippen LogP contribution in [0.1, 0.15) is 79.6 Å². The molecule has 1 atom stereocenters. The maximum absolute atomic E-state index is 5.48. The number of rotatable bonds is 8. The summed E-state index contributed by atoms with van der Waals surface area (Å²) in [4.78, 5) is 0. The highest BCUT2D eigenvalue weighted by Crippen LogP contribution is 2.45. The van der Waals surface area contributed by atoms with Gasteiger partial charge in [0.05, 0.1) is 0 Å². The third-order valence-electron chi connectivity index (χ3n) is 5.50.